The maximum absolute atomic E-state index is 11.9. The molecule has 6 nitrogen and oxygen atoms in total. The number of carbonyl (C=O) groups is 2. The molecule has 21 heavy (non-hydrogen) atoms. The Balaban J connectivity index is 2.50. The van der Waals surface area contributed by atoms with Gasteiger partial charge in [0.2, 0.25) is 5.91 Å². The lowest BCUT2D eigenvalue weighted by Gasteiger charge is -2.46. The highest BCUT2D eigenvalue weighted by Crippen LogP contribution is 2.44. The van der Waals surface area contributed by atoms with E-state index in [1.165, 1.54) is 0 Å². The van der Waals surface area contributed by atoms with E-state index < -0.39 is 5.97 Å². The lowest BCUT2D eigenvalue weighted by atomic mass is 9.61. The van der Waals surface area contributed by atoms with Crippen LogP contribution in [0.3, 0.4) is 0 Å². The van der Waals surface area contributed by atoms with Crippen molar-refractivity contribution in [2.24, 2.45) is 17.3 Å². The van der Waals surface area contributed by atoms with Crippen molar-refractivity contribution >= 4 is 11.9 Å². The smallest absolute Gasteiger partial charge is 0.307 e. The van der Waals surface area contributed by atoms with Crippen molar-refractivity contribution in [1.29, 1.82) is 0 Å². The van der Waals surface area contributed by atoms with Gasteiger partial charge >= 0.3 is 5.97 Å². The first kappa shape index (κ1) is 17.9. The third kappa shape index (κ3) is 4.68. The molecule has 0 heterocycles. The van der Waals surface area contributed by atoms with Gasteiger partial charge in [-0.2, -0.15) is 0 Å². The summed E-state index contributed by atoms with van der Waals surface area (Å²) in [5.74, 6) is -1.01. The number of nitrogens with one attached hydrogen (secondary N) is 2. The average Bonchev–Trinajstić information content (AvgIpc) is 2.40. The molecular formula is C15H28N2O4. The van der Waals surface area contributed by atoms with Crippen molar-refractivity contribution in [1.82, 2.24) is 10.6 Å². The van der Waals surface area contributed by atoms with E-state index in [4.69, 9.17) is 4.74 Å². The molecule has 0 aromatic heterocycles. The van der Waals surface area contributed by atoms with Crippen LogP contribution in [0, 0.1) is 17.3 Å². The van der Waals surface area contributed by atoms with Crippen LogP contribution in [-0.4, -0.2) is 49.8 Å². The highest BCUT2D eigenvalue weighted by Gasteiger charge is 2.46. The molecule has 1 amide bonds. The largest absolute Gasteiger partial charge is 0.481 e. The number of carboxylic acid groups (broad SMARTS) is 1. The summed E-state index contributed by atoms with van der Waals surface area (Å²) >= 11 is 0. The summed E-state index contributed by atoms with van der Waals surface area (Å²) in [6, 6.07) is 0.0346. The van der Waals surface area contributed by atoms with E-state index >= 15 is 0 Å². The van der Waals surface area contributed by atoms with Crippen LogP contribution >= 0.6 is 0 Å². The van der Waals surface area contributed by atoms with E-state index in [2.05, 4.69) is 10.6 Å². The van der Waals surface area contributed by atoms with Crippen LogP contribution in [0.2, 0.25) is 0 Å². The topological polar surface area (TPSA) is 87.7 Å². The lowest BCUT2D eigenvalue weighted by Crippen LogP contribution is -2.53. The van der Waals surface area contributed by atoms with E-state index in [1.807, 2.05) is 20.8 Å². The van der Waals surface area contributed by atoms with E-state index in [0.717, 1.165) is 0 Å². The zero-order valence-electron chi connectivity index (χ0n) is 13.4. The van der Waals surface area contributed by atoms with Gasteiger partial charge in [-0.25, -0.2) is 0 Å². The minimum absolute atomic E-state index is 0.0346. The summed E-state index contributed by atoms with van der Waals surface area (Å²) in [5.41, 5.74) is -0.328. The van der Waals surface area contributed by atoms with E-state index in [-0.39, 0.29) is 35.7 Å². The number of methoxy groups -OCH3 is 1. The predicted octanol–water partition coefficient (Wildman–Crippen LogP) is 0.864. The Labute approximate surface area is 126 Å². The molecular weight excluding hydrogens is 272 g/mol. The van der Waals surface area contributed by atoms with Crippen LogP contribution < -0.4 is 10.6 Å². The number of ether oxygens (including phenoxy) is 1. The molecule has 0 radical (unpaired) electrons. The number of amides is 1. The SMILES string of the molecule is COCCNCC(=O)NC1CCC(C(=O)O)C(C)(C)C1C. The number of carbonyl (C=O) groups excluding carboxylic acids is 1. The highest BCUT2D eigenvalue weighted by atomic mass is 16.5. The Hall–Kier alpha value is -1.14. The Morgan fingerprint density at radius 3 is 2.57 bits per heavy atom. The second-order valence-corrected chi connectivity index (χ2v) is 6.42. The van der Waals surface area contributed by atoms with Crippen molar-refractivity contribution in [2.75, 3.05) is 26.8 Å². The highest BCUT2D eigenvalue weighted by molar-refractivity contribution is 5.78. The van der Waals surface area contributed by atoms with E-state index in [9.17, 15) is 14.7 Å². The Kier molecular flexibility index (Phi) is 6.61. The molecule has 3 atom stereocenters. The third-order valence-electron chi connectivity index (χ3n) is 4.85. The van der Waals surface area contributed by atoms with Gasteiger partial charge in [-0.1, -0.05) is 20.8 Å². The maximum atomic E-state index is 11.9. The Bertz CT molecular complexity index is 371. The molecule has 122 valence electrons. The number of aliphatic carboxylic acids is 1. The number of hydrogen-bond donors (Lipinski definition) is 3. The zero-order valence-corrected chi connectivity index (χ0v) is 13.4. The van der Waals surface area contributed by atoms with Crippen LogP contribution in [0.1, 0.15) is 33.6 Å². The Morgan fingerprint density at radius 1 is 1.33 bits per heavy atom. The van der Waals surface area contributed by atoms with Gasteiger partial charge in [-0.05, 0) is 24.2 Å². The van der Waals surface area contributed by atoms with E-state index in [0.29, 0.717) is 26.0 Å². The fourth-order valence-corrected chi connectivity index (χ4v) is 3.08. The normalized spacial score (nSPS) is 28.1. The summed E-state index contributed by atoms with van der Waals surface area (Å²) < 4.78 is 4.90. The molecule has 0 aromatic carbocycles. The van der Waals surface area contributed by atoms with Gasteiger partial charge in [0, 0.05) is 19.7 Å². The van der Waals surface area contributed by atoms with Gasteiger partial charge in [-0.15, -0.1) is 0 Å². The lowest BCUT2D eigenvalue weighted by molar-refractivity contribution is -0.150. The van der Waals surface area contributed by atoms with Crippen molar-refractivity contribution in [2.45, 2.75) is 39.7 Å². The minimum Gasteiger partial charge on any atom is -0.481 e. The maximum Gasteiger partial charge on any atom is 0.307 e. The third-order valence-corrected chi connectivity index (χ3v) is 4.85. The fourth-order valence-electron chi connectivity index (χ4n) is 3.08. The monoisotopic (exact) mass is 300 g/mol. The number of hydrogen-bond acceptors (Lipinski definition) is 4. The first-order valence-electron chi connectivity index (χ1n) is 7.52. The van der Waals surface area contributed by atoms with Gasteiger partial charge in [-0.3, -0.25) is 9.59 Å². The van der Waals surface area contributed by atoms with Gasteiger partial charge in [0.1, 0.15) is 0 Å². The fraction of sp³-hybridized carbons (Fsp3) is 0.867. The van der Waals surface area contributed by atoms with Crippen molar-refractivity contribution in [3.05, 3.63) is 0 Å². The molecule has 0 spiro atoms. The molecule has 6 heteroatoms. The van der Waals surface area contributed by atoms with Crippen LogP contribution in [0.5, 0.6) is 0 Å². The second-order valence-electron chi connectivity index (χ2n) is 6.42. The summed E-state index contributed by atoms with van der Waals surface area (Å²) in [7, 11) is 1.62. The van der Waals surface area contributed by atoms with Crippen LogP contribution in [0.15, 0.2) is 0 Å². The molecule has 1 rings (SSSR count). The Morgan fingerprint density at radius 2 is 2.00 bits per heavy atom. The molecule has 1 aliphatic carbocycles. The summed E-state index contributed by atoms with van der Waals surface area (Å²) in [5, 5.41) is 15.3. The number of rotatable bonds is 7. The number of carboxylic acids is 1. The average molecular weight is 300 g/mol. The summed E-state index contributed by atoms with van der Waals surface area (Å²) in [6.07, 6.45) is 1.32. The molecule has 1 aliphatic rings. The second kappa shape index (κ2) is 7.75. The molecule has 0 saturated heterocycles. The zero-order chi connectivity index (χ0) is 16.0. The van der Waals surface area contributed by atoms with Crippen molar-refractivity contribution in [3.63, 3.8) is 0 Å². The van der Waals surface area contributed by atoms with Gasteiger partial charge in [0.05, 0.1) is 19.1 Å². The summed E-state index contributed by atoms with van der Waals surface area (Å²) in [4.78, 5) is 23.3. The molecule has 0 bridgehead atoms. The molecule has 0 aliphatic heterocycles. The molecule has 1 fully saturated rings. The summed E-state index contributed by atoms with van der Waals surface area (Å²) in [6.45, 7) is 7.45. The molecule has 0 aromatic rings. The molecule has 3 N–H and O–H groups in total. The van der Waals surface area contributed by atoms with Crippen molar-refractivity contribution < 1.29 is 19.4 Å². The van der Waals surface area contributed by atoms with Gasteiger partial charge in [0.25, 0.3) is 0 Å². The quantitative estimate of drug-likeness (QED) is 0.607. The van der Waals surface area contributed by atoms with E-state index in [1.54, 1.807) is 7.11 Å². The molecule has 1 saturated carbocycles. The van der Waals surface area contributed by atoms with Crippen LogP contribution in [0.25, 0.3) is 0 Å². The minimum atomic E-state index is -0.738. The molecule has 3 unspecified atom stereocenters. The standard InChI is InChI=1S/C15H28N2O4/c1-10-12(17-13(18)9-16-7-8-21-4)6-5-11(14(19)20)15(10,2)3/h10-12,16H,5-9H2,1-4H3,(H,17,18)(H,19,20). The van der Waals surface area contributed by atoms with Crippen molar-refractivity contribution in [3.8, 4) is 0 Å². The first-order valence-corrected chi connectivity index (χ1v) is 7.52. The first-order chi connectivity index (χ1) is 9.80. The van der Waals surface area contributed by atoms with Gasteiger partial charge < -0.3 is 20.5 Å². The van der Waals surface area contributed by atoms with Crippen LogP contribution in [-0.2, 0) is 14.3 Å². The predicted molar refractivity (Wildman–Crippen MR) is 80.0 cm³/mol. The van der Waals surface area contributed by atoms with Crippen LogP contribution in [0.4, 0.5) is 0 Å². The van der Waals surface area contributed by atoms with Gasteiger partial charge in [0.15, 0.2) is 0 Å².